The lowest BCUT2D eigenvalue weighted by Crippen LogP contribution is -2.38. The Balaban J connectivity index is 1.70. The summed E-state index contributed by atoms with van der Waals surface area (Å²) >= 11 is 0. The highest BCUT2D eigenvalue weighted by Crippen LogP contribution is 2.42. The summed E-state index contributed by atoms with van der Waals surface area (Å²) in [5.74, 6) is 0.235. The molecule has 2 saturated heterocycles. The predicted molar refractivity (Wildman–Crippen MR) is 80.0 cm³/mol. The number of amides is 1. The Bertz CT molecular complexity index is 512. The van der Waals surface area contributed by atoms with E-state index < -0.39 is 0 Å². The van der Waals surface area contributed by atoms with Crippen LogP contribution in [0.5, 0.6) is 0 Å². The summed E-state index contributed by atoms with van der Waals surface area (Å²) in [6.45, 7) is 8.70. The molecule has 0 aromatic carbocycles. The molecule has 0 bridgehead atoms. The molecule has 0 radical (unpaired) electrons. The van der Waals surface area contributed by atoms with Crippen LogP contribution < -0.4 is 0 Å². The van der Waals surface area contributed by atoms with Crippen molar-refractivity contribution in [3.05, 3.63) is 17.0 Å². The van der Waals surface area contributed by atoms with Gasteiger partial charge >= 0.3 is 0 Å². The zero-order chi connectivity index (χ0) is 15.0. The van der Waals surface area contributed by atoms with Crippen molar-refractivity contribution in [2.75, 3.05) is 19.8 Å². The Kier molecular flexibility index (Phi) is 3.78. The molecule has 116 valence electrons. The van der Waals surface area contributed by atoms with Gasteiger partial charge in [0, 0.05) is 37.1 Å². The van der Waals surface area contributed by atoms with E-state index in [0.29, 0.717) is 17.9 Å². The number of carbonyl (C=O) groups is 1. The smallest absolute Gasteiger partial charge is 0.227 e. The molecule has 5 nitrogen and oxygen atoms in total. The molecule has 2 aliphatic rings. The van der Waals surface area contributed by atoms with E-state index in [9.17, 15) is 4.79 Å². The van der Waals surface area contributed by atoms with Gasteiger partial charge in [0.1, 0.15) is 0 Å². The largest absolute Gasteiger partial charge is 0.381 e. The monoisotopic (exact) mass is 291 g/mol. The minimum Gasteiger partial charge on any atom is -0.381 e. The number of nitrogens with zero attached hydrogens (tertiary/aromatic N) is 2. The van der Waals surface area contributed by atoms with Crippen LogP contribution in [0, 0.1) is 19.3 Å². The second kappa shape index (κ2) is 5.44. The molecule has 5 heteroatoms. The van der Waals surface area contributed by atoms with Gasteiger partial charge in [0.15, 0.2) is 0 Å². The number of aromatic amines is 1. The Morgan fingerprint density at radius 1 is 1.43 bits per heavy atom. The van der Waals surface area contributed by atoms with Gasteiger partial charge in [-0.2, -0.15) is 5.10 Å². The van der Waals surface area contributed by atoms with Crippen LogP contribution in [0.15, 0.2) is 0 Å². The highest BCUT2D eigenvalue weighted by Gasteiger charge is 2.44. The van der Waals surface area contributed by atoms with Gasteiger partial charge in [-0.25, -0.2) is 0 Å². The van der Waals surface area contributed by atoms with Crippen LogP contribution in [0.4, 0.5) is 0 Å². The van der Waals surface area contributed by atoms with Crippen molar-refractivity contribution in [2.45, 2.75) is 52.5 Å². The molecular formula is C16H25N3O2. The van der Waals surface area contributed by atoms with Crippen molar-refractivity contribution < 1.29 is 9.53 Å². The van der Waals surface area contributed by atoms with Crippen molar-refractivity contribution in [3.8, 4) is 0 Å². The van der Waals surface area contributed by atoms with Crippen LogP contribution in [0.2, 0.25) is 0 Å². The zero-order valence-electron chi connectivity index (χ0n) is 13.2. The highest BCUT2D eigenvalue weighted by molar-refractivity contribution is 5.80. The summed E-state index contributed by atoms with van der Waals surface area (Å²) in [5.41, 5.74) is 3.30. The maximum Gasteiger partial charge on any atom is 0.227 e. The van der Waals surface area contributed by atoms with E-state index in [1.54, 1.807) is 0 Å². The van der Waals surface area contributed by atoms with Crippen molar-refractivity contribution >= 4 is 5.91 Å². The number of aromatic nitrogens is 2. The van der Waals surface area contributed by atoms with Crippen LogP contribution >= 0.6 is 0 Å². The van der Waals surface area contributed by atoms with Gasteiger partial charge in [-0.1, -0.05) is 0 Å². The minimum absolute atomic E-state index is 0.235. The third-order valence-corrected chi connectivity index (χ3v) is 5.25. The van der Waals surface area contributed by atoms with Gasteiger partial charge in [0.25, 0.3) is 0 Å². The molecule has 3 rings (SSSR count). The van der Waals surface area contributed by atoms with E-state index in [-0.39, 0.29) is 5.91 Å². The van der Waals surface area contributed by atoms with Gasteiger partial charge in [-0.3, -0.25) is 9.89 Å². The minimum atomic E-state index is 0.235. The summed E-state index contributed by atoms with van der Waals surface area (Å²) in [6.07, 6.45) is 3.76. The van der Waals surface area contributed by atoms with Gasteiger partial charge < -0.3 is 9.64 Å². The van der Waals surface area contributed by atoms with E-state index in [4.69, 9.17) is 4.74 Å². The molecule has 2 aliphatic heterocycles. The van der Waals surface area contributed by atoms with Crippen molar-refractivity contribution in [2.24, 2.45) is 5.41 Å². The van der Waals surface area contributed by atoms with Crippen molar-refractivity contribution in [1.82, 2.24) is 15.1 Å². The molecule has 0 saturated carbocycles. The van der Waals surface area contributed by atoms with Crippen LogP contribution in [0.25, 0.3) is 0 Å². The van der Waals surface area contributed by atoms with E-state index in [1.807, 2.05) is 13.8 Å². The fourth-order valence-corrected chi connectivity index (χ4v) is 3.91. The number of likely N-dealkylation sites (tertiary alicyclic amines) is 1. The highest BCUT2D eigenvalue weighted by atomic mass is 16.5. The number of carbonyl (C=O) groups excluding carboxylic acids is 1. The lowest BCUT2D eigenvalue weighted by atomic mass is 9.78. The van der Waals surface area contributed by atoms with Crippen LogP contribution in [0.3, 0.4) is 0 Å². The van der Waals surface area contributed by atoms with E-state index >= 15 is 0 Å². The molecule has 1 aromatic rings. The second-order valence-electron chi connectivity index (χ2n) is 6.78. The third-order valence-electron chi connectivity index (χ3n) is 5.25. The summed E-state index contributed by atoms with van der Waals surface area (Å²) in [7, 11) is 0. The maximum atomic E-state index is 12.7. The molecular weight excluding hydrogens is 266 g/mol. The van der Waals surface area contributed by atoms with Gasteiger partial charge in [-0.15, -0.1) is 0 Å². The molecule has 1 spiro atoms. The number of nitrogens with one attached hydrogen (secondary N) is 1. The number of aryl methyl sites for hydroxylation is 2. The average Bonchev–Trinajstić information content (AvgIpc) is 2.94. The Morgan fingerprint density at radius 2 is 2.14 bits per heavy atom. The molecule has 1 unspecified atom stereocenters. The number of ether oxygens (including phenoxy) is 1. The lowest BCUT2D eigenvalue weighted by molar-refractivity contribution is -0.131. The van der Waals surface area contributed by atoms with Crippen molar-refractivity contribution in [1.29, 1.82) is 0 Å². The number of hydrogen-bond donors (Lipinski definition) is 1. The normalized spacial score (nSPS) is 24.7. The third kappa shape index (κ3) is 2.71. The number of rotatable bonds is 2. The Hall–Kier alpha value is -1.36. The summed E-state index contributed by atoms with van der Waals surface area (Å²) < 4.78 is 5.49. The molecule has 2 fully saturated rings. The van der Waals surface area contributed by atoms with Crippen LogP contribution in [-0.2, 0) is 16.0 Å². The molecule has 1 amide bonds. The molecule has 1 aromatic heterocycles. The quantitative estimate of drug-likeness (QED) is 0.906. The van der Waals surface area contributed by atoms with Crippen LogP contribution in [-0.4, -0.2) is 46.8 Å². The fourth-order valence-electron chi connectivity index (χ4n) is 3.91. The second-order valence-corrected chi connectivity index (χ2v) is 6.78. The molecule has 1 N–H and O–H groups in total. The maximum absolute atomic E-state index is 12.7. The lowest BCUT2D eigenvalue weighted by Gasteiger charge is -2.33. The SMILES string of the molecule is Cc1n[nH]c(C)c1CC(=O)N1CC2(CCOCC2)CC1C. The molecule has 21 heavy (non-hydrogen) atoms. The summed E-state index contributed by atoms with van der Waals surface area (Å²) in [4.78, 5) is 14.8. The average molecular weight is 291 g/mol. The predicted octanol–water partition coefficient (Wildman–Crippen LogP) is 1.99. The van der Waals surface area contributed by atoms with E-state index in [2.05, 4.69) is 22.0 Å². The molecule has 1 atom stereocenters. The van der Waals surface area contributed by atoms with Gasteiger partial charge in [-0.05, 0) is 45.4 Å². The first-order valence-electron chi connectivity index (χ1n) is 7.88. The van der Waals surface area contributed by atoms with Gasteiger partial charge in [0.2, 0.25) is 5.91 Å². The van der Waals surface area contributed by atoms with Gasteiger partial charge in [0.05, 0.1) is 12.1 Å². The topological polar surface area (TPSA) is 58.2 Å². The van der Waals surface area contributed by atoms with E-state index in [1.165, 1.54) is 0 Å². The van der Waals surface area contributed by atoms with Crippen LogP contribution in [0.1, 0.15) is 43.1 Å². The molecule has 0 aliphatic carbocycles. The number of H-pyrrole nitrogens is 1. The van der Waals surface area contributed by atoms with Crippen molar-refractivity contribution in [3.63, 3.8) is 0 Å². The fraction of sp³-hybridized carbons (Fsp3) is 0.750. The standard InChI is InChI=1S/C16H25N3O2/c1-11-9-16(4-6-21-7-5-16)10-19(11)15(20)8-14-12(2)17-18-13(14)3/h11H,4-10H2,1-3H3,(H,17,18). The Labute approximate surface area is 126 Å². The molecule has 3 heterocycles. The number of hydrogen-bond acceptors (Lipinski definition) is 3. The van der Waals surface area contributed by atoms with E-state index in [0.717, 1.165) is 56.0 Å². The zero-order valence-corrected chi connectivity index (χ0v) is 13.2. The Morgan fingerprint density at radius 3 is 2.76 bits per heavy atom. The first kappa shape index (κ1) is 14.6. The first-order valence-corrected chi connectivity index (χ1v) is 7.88. The summed E-state index contributed by atoms with van der Waals surface area (Å²) in [5, 5.41) is 7.15. The first-order chi connectivity index (χ1) is 10.0. The summed E-state index contributed by atoms with van der Waals surface area (Å²) in [6, 6.07) is 0.336.